The summed E-state index contributed by atoms with van der Waals surface area (Å²) in [4.78, 5) is 0. The molecule has 0 radical (unpaired) electrons. The fraction of sp³-hybridized carbons (Fsp3) is 1.00. The largest absolute Gasteiger partial charge is 0.385 e. The molecule has 2 nitrogen and oxygen atoms in total. The molecule has 4 saturated carbocycles. The monoisotopic (exact) mass is 265 g/mol. The smallest absolute Gasteiger partial charge is 0.0462 e. The van der Waals surface area contributed by atoms with E-state index in [1.807, 2.05) is 0 Å². The molecule has 19 heavy (non-hydrogen) atoms. The Morgan fingerprint density at radius 1 is 1.05 bits per heavy atom. The molecule has 0 aromatic carbocycles. The highest BCUT2D eigenvalue weighted by Crippen LogP contribution is 2.61. The number of nitrogens with one attached hydrogen (secondary N) is 1. The van der Waals surface area contributed by atoms with Crippen molar-refractivity contribution in [1.82, 2.24) is 5.32 Å². The molecule has 0 heterocycles. The minimum absolute atomic E-state index is 0.663. The van der Waals surface area contributed by atoms with E-state index in [9.17, 15) is 0 Å². The van der Waals surface area contributed by atoms with E-state index in [1.54, 1.807) is 26.4 Å². The molecule has 2 heteroatoms. The lowest BCUT2D eigenvalue weighted by Crippen LogP contribution is -2.54. The molecule has 0 saturated heterocycles. The van der Waals surface area contributed by atoms with Gasteiger partial charge in [-0.2, -0.15) is 0 Å². The van der Waals surface area contributed by atoms with Gasteiger partial charge in [-0.05, 0) is 88.0 Å². The van der Waals surface area contributed by atoms with E-state index >= 15 is 0 Å². The molecule has 0 spiro atoms. The molecule has 4 aliphatic rings. The Hall–Kier alpha value is -0.0800. The van der Waals surface area contributed by atoms with Crippen LogP contribution < -0.4 is 5.32 Å². The van der Waals surface area contributed by atoms with Crippen molar-refractivity contribution in [3.8, 4) is 0 Å². The van der Waals surface area contributed by atoms with Gasteiger partial charge in [-0.3, -0.25) is 0 Å². The predicted molar refractivity (Wildman–Crippen MR) is 79.2 cm³/mol. The van der Waals surface area contributed by atoms with Crippen molar-refractivity contribution in [2.45, 2.75) is 64.3 Å². The Morgan fingerprint density at radius 2 is 1.63 bits per heavy atom. The van der Waals surface area contributed by atoms with E-state index < -0.39 is 0 Å². The summed E-state index contributed by atoms with van der Waals surface area (Å²) >= 11 is 0. The molecule has 4 rings (SSSR count). The van der Waals surface area contributed by atoms with E-state index in [4.69, 9.17) is 4.74 Å². The first-order valence-corrected chi connectivity index (χ1v) is 8.44. The van der Waals surface area contributed by atoms with Gasteiger partial charge in [-0.15, -0.1) is 0 Å². The second-order valence-electron chi connectivity index (χ2n) is 7.66. The molecular weight excluding hydrogens is 234 g/mol. The second-order valence-corrected chi connectivity index (χ2v) is 7.66. The van der Waals surface area contributed by atoms with Gasteiger partial charge >= 0.3 is 0 Å². The first-order valence-electron chi connectivity index (χ1n) is 8.44. The van der Waals surface area contributed by atoms with Crippen LogP contribution in [0.15, 0.2) is 0 Å². The van der Waals surface area contributed by atoms with Crippen LogP contribution in [0.3, 0.4) is 0 Å². The van der Waals surface area contributed by atoms with Gasteiger partial charge < -0.3 is 10.1 Å². The fourth-order valence-electron chi connectivity index (χ4n) is 5.61. The Labute approximate surface area is 118 Å². The predicted octanol–water partition coefficient (Wildman–Crippen LogP) is 3.61. The number of ether oxygens (including phenoxy) is 1. The van der Waals surface area contributed by atoms with Crippen LogP contribution in [0.2, 0.25) is 0 Å². The minimum Gasteiger partial charge on any atom is -0.385 e. The highest BCUT2D eigenvalue weighted by Gasteiger charge is 2.52. The first-order chi connectivity index (χ1) is 9.22. The molecular formula is C17H31NO. The zero-order valence-electron chi connectivity index (χ0n) is 12.8. The third-order valence-electron chi connectivity index (χ3n) is 6.23. The molecule has 4 bridgehead atoms. The summed E-state index contributed by atoms with van der Waals surface area (Å²) in [5.74, 6) is 3.22. The zero-order chi connectivity index (χ0) is 13.3. The van der Waals surface area contributed by atoms with E-state index in [2.05, 4.69) is 12.2 Å². The maximum Gasteiger partial charge on any atom is 0.0462 e. The molecule has 0 aromatic rings. The van der Waals surface area contributed by atoms with Gasteiger partial charge in [0.15, 0.2) is 0 Å². The average molecular weight is 265 g/mol. The Bertz CT molecular complexity index is 266. The highest BCUT2D eigenvalue weighted by molar-refractivity contribution is 5.05. The average Bonchev–Trinajstić information content (AvgIpc) is 2.36. The van der Waals surface area contributed by atoms with Crippen molar-refractivity contribution in [3.05, 3.63) is 0 Å². The van der Waals surface area contributed by atoms with Gasteiger partial charge in [0.05, 0.1) is 0 Å². The van der Waals surface area contributed by atoms with Crippen LogP contribution in [-0.4, -0.2) is 26.3 Å². The van der Waals surface area contributed by atoms with Crippen LogP contribution in [0.1, 0.15) is 58.3 Å². The van der Waals surface area contributed by atoms with Gasteiger partial charge in [-0.25, -0.2) is 0 Å². The summed E-state index contributed by atoms with van der Waals surface area (Å²) in [6.07, 6.45) is 11.7. The molecule has 1 N–H and O–H groups in total. The second kappa shape index (κ2) is 5.73. The lowest BCUT2D eigenvalue weighted by Gasteiger charge is -2.59. The molecule has 0 aliphatic heterocycles. The molecule has 0 amide bonds. The molecule has 4 fully saturated rings. The minimum atomic E-state index is 0.663. The molecule has 4 aliphatic carbocycles. The molecule has 1 atom stereocenters. The number of methoxy groups -OCH3 is 1. The van der Waals surface area contributed by atoms with Crippen LogP contribution in [0.25, 0.3) is 0 Å². The third kappa shape index (κ3) is 2.85. The van der Waals surface area contributed by atoms with Crippen LogP contribution in [0, 0.1) is 23.2 Å². The van der Waals surface area contributed by atoms with Crippen LogP contribution in [0.4, 0.5) is 0 Å². The quantitative estimate of drug-likeness (QED) is 0.710. The Kier molecular flexibility index (Phi) is 4.19. The Balaban J connectivity index is 1.50. The fourth-order valence-corrected chi connectivity index (χ4v) is 5.61. The van der Waals surface area contributed by atoms with Gasteiger partial charge in [0.2, 0.25) is 0 Å². The van der Waals surface area contributed by atoms with Gasteiger partial charge in [0, 0.05) is 19.8 Å². The van der Waals surface area contributed by atoms with Crippen molar-refractivity contribution < 1.29 is 4.74 Å². The van der Waals surface area contributed by atoms with Gasteiger partial charge in [-0.1, -0.05) is 0 Å². The summed E-state index contributed by atoms with van der Waals surface area (Å²) in [6, 6.07) is 0.725. The summed E-state index contributed by atoms with van der Waals surface area (Å²) in [6.45, 7) is 4.54. The molecule has 1 unspecified atom stereocenters. The third-order valence-corrected chi connectivity index (χ3v) is 6.23. The Morgan fingerprint density at radius 3 is 2.16 bits per heavy atom. The number of hydrogen-bond donors (Lipinski definition) is 1. The van der Waals surface area contributed by atoms with E-state index in [-0.39, 0.29) is 0 Å². The molecule has 110 valence electrons. The van der Waals surface area contributed by atoms with Crippen LogP contribution in [0.5, 0.6) is 0 Å². The SMILES string of the molecule is COCCCCNC(C)C12CC3CC(CC(C3)C1)C2. The first kappa shape index (κ1) is 13.9. The van der Waals surface area contributed by atoms with Crippen molar-refractivity contribution in [2.75, 3.05) is 20.3 Å². The highest BCUT2D eigenvalue weighted by atomic mass is 16.5. The van der Waals surface area contributed by atoms with Crippen LogP contribution in [-0.2, 0) is 4.74 Å². The van der Waals surface area contributed by atoms with E-state index in [0.717, 1.165) is 30.4 Å². The lowest BCUT2D eigenvalue weighted by atomic mass is 9.48. The standard InChI is InChI=1S/C17H31NO/c1-13(18-5-3-4-6-19-2)17-10-14-7-15(11-17)9-16(8-14)12-17/h13-16,18H,3-12H2,1-2H3. The number of rotatable bonds is 7. The van der Waals surface area contributed by atoms with Crippen molar-refractivity contribution in [2.24, 2.45) is 23.2 Å². The zero-order valence-corrected chi connectivity index (χ0v) is 12.8. The number of hydrogen-bond acceptors (Lipinski definition) is 2. The van der Waals surface area contributed by atoms with Crippen molar-refractivity contribution in [3.63, 3.8) is 0 Å². The summed E-state index contributed by atoms with van der Waals surface area (Å²) in [7, 11) is 1.80. The van der Waals surface area contributed by atoms with Crippen LogP contribution >= 0.6 is 0 Å². The molecule has 0 aromatic heterocycles. The topological polar surface area (TPSA) is 21.3 Å². The summed E-state index contributed by atoms with van der Waals surface area (Å²) in [5, 5.41) is 3.84. The summed E-state index contributed by atoms with van der Waals surface area (Å²) < 4.78 is 5.12. The lowest BCUT2D eigenvalue weighted by molar-refractivity contribution is -0.0703. The van der Waals surface area contributed by atoms with Gasteiger partial charge in [0.1, 0.15) is 0 Å². The van der Waals surface area contributed by atoms with E-state index in [0.29, 0.717) is 5.41 Å². The van der Waals surface area contributed by atoms with E-state index in [1.165, 1.54) is 38.6 Å². The number of unbranched alkanes of at least 4 members (excludes halogenated alkanes) is 1. The maximum absolute atomic E-state index is 5.12. The maximum atomic E-state index is 5.12. The summed E-state index contributed by atoms with van der Waals surface area (Å²) in [5.41, 5.74) is 0.663. The van der Waals surface area contributed by atoms with Gasteiger partial charge in [0.25, 0.3) is 0 Å². The van der Waals surface area contributed by atoms with Crippen molar-refractivity contribution >= 4 is 0 Å². The normalized spacial score (nSPS) is 41.7. The van der Waals surface area contributed by atoms with Crippen molar-refractivity contribution in [1.29, 1.82) is 0 Å².